The van der Waals surface area contributed by atoms with Gasteiger partial charge in [-0.3, -0.25) is 39.0 Å². The van der Waals surface area contributed by atoms with Crippen LogP contribution >= 0.6 is 23.4 Å². The number of esters is 1. The van der Waals surface area contributed by atoms with Gasteiger partial charge in [-0.1, -0.05) is 56.2 Å². The SMILES string of the molecule is COc1cc2cc(c1Cl)N(C)C(=O)C[C@H](OC(=O)[C@H](C)N(C)C(=O)CCSC1CC(=O)N(CCCOCCOCCOCCOCCOCCCNc3cc(-n4nc(C)c5c4CC(C)(C)CC5=O)ccc3C(N)=O)C1=O)[C@@]1(C)O[C@H]1[C@H](C)[C@@H]1C[C@@](O)(NC(=O)O1)[C@H](OC)/C=C/C=C(\C)C2. The van der Waals surface area contributed by atoms with E-state index in [2.05, 4.69) is 24.5 Å². The smallest absolute Gasteiger partial charge is 0.409 e. The van der Waals surface area contributed by atoms with Crippen LogP contribution in [-0.4, -0.2) is 232 Å². The number of Topliss-reactive ketones (excluding diaryl/α,β-unsaturated/α-hetero) is 1. The third-order valence-corrected chi connectivity index (χ3v) is 20.1. The van der Waals surface area contributed by atoms with Gasteiger partial charge in [0.25, 0.3) is 5.91 Å². The maximum absolute atomic E-state index is 14.4. The van der Waals surface area contributed by atoms with E-state index in [1.165, 1.54) is 54.7 Å². The predicted octanol–water partition coefficient (Wildman–Crippen LogP) is 6.49. The number of halogens is 1. The van der Waals surface area contributed by atoms with Gasteiger partial charge in [-0.2, -0.15) is 5.10 Å². The second-order valence-electron chi connectivity index (χ2n) is 26.7. The molecule has 5 N–H and O–H groups in total. The Morgan fingerprint density at radius 2 is 1.57 bits per heavy atom. The molecule has 99 heavy (non-hydrogen) atoms. The maximum atomic E-state index is 14.4. The Balaban J connectivity index is 0.689. The van der Waals surface area contributed by atoms with Crippen molar-refractivity contribution >= 4 is 82.1 Å². The number of ketones is 1. The Kier molecular flexibility index (Phi) is 27.5. The number of rotatable bonds is 32. The average molecular weight is 1420 g/mol. The van der Waals surface area contributed by atoms with Crippen LogP contribution in [0.3, 0.4) is 0 Å². The number of alkyl carbamates (subject to hydrolysis) is 1. The molecule has 1 aromatic heterocycles. The van der Waals surface area contributed by atoms with Crippen molar-refractivity contribution in [3.05, 3.63) is 87.2 Å². The molecule has 29 heteroatoms. The third kappa shape index (κ3) is 20.0. The predicted molar refractivity (Wildman–Crippen MR) is 368 cm³/mol. The number of aromatic nitrogens is 2. The molecule has 0 radical (unpaired) electrons. The van der Waals surface area contributed by atoms with E-state index in [0.29, 0.717) is 139 Å². The molecule has 5 heterocycles. The van der Waals surface area contributed by atoms with Crippen LogP contribution in [0, 0.1) is 18.3 Å². The number of benzene rings is 2. The molecule has 4 aliphatic heterocycles. The topological polar surface area (TPSA) is 330 Å². The summed E-state index contributed by atoms with van der Waals surface area (Å²) in [4.78, 5) is 111. The molecule has 8 rings (SSSR count). The number of hydrogen-bond donors (Lipinski definition) is 4. The van der Waals surface area contributed by atoms with Crippen molar-refractivity contribution in [3.8, 4) is 11.4 Å². The lowest BCUT2D eigenvalue weighted by molar-refractivity contribution is -0.162. The number of anilines is 2. The zero-order valence-electron chi connectivity index (χ0n) is 58.6. The summed E-state index contributed by atoms with van der Waals surface area (Å²) in [5, 5.41) is 21.9. The lowest BCUT2D eigenvalue weighted by Gasteiger charge is -2.42. The van der Waals surface area contributed by atoms with Gasteiger partial charge in [0.1, 0.15) is 40.7 Å². The number of allylic oxidation sites excluding steroid dienone is 3. The summed E-state index contributed by atoms with van der Waals surface area (Å²) < 4.78 is 59.6. The Bertz CT molecular complexity index is 3480. The molecular weight excluding hydrogens is 1320 g/mol. The summed E-state index contributed by atoms with van der Waals surface area (Å²) in [6.07, 6.45) is 2.49. The first-order chi connectivity index (χ1) is 47.1. The molecule has 3 fully saturated rings. The van der Waals surface area contributed by atoms with Gasteiger partial charge < -0.3 is 73.3 Å². The molecule has 3 aromatic rings. The first-order valence-corrected chi connectivity index (χ1v) is 35.0. The van der Waals surface area contributed by atoms with E-state index < -0.39 is 89.2 Å². The minimum Gasteiger partial charge on any atom is -0.495 e. The summed E-state index contributed by atoms with van der Waals surface area (Å²) in [5.74, 6) is -2.97. The van der Waals surface area contributed by atoms with Gasteiger partial charge in [0.05, 0.1) is 112 Å². The Hall–Kier alpha value is -6.99. The molecule has 4 bridgehead atoms. The van der Waals surface area contributed by atoms with Crippen molar-refractivity contribution in [2.75, 3.05) is 123 Å². The second-order valence-corrected chi connectivity index (χ2v) is 28.3. The first-order valence-electron chi connectivity index (χ1n) is 33.6. The number of amides is 6. The monoisotopic (exact) mass is 1420 g/mol. The quantitative estimate of drug-likeness (QED) is 0.0225. The maximum Gasteiger partial charge on any atom is 0.409 e. The molecule has 544 valence electrons. The zero-order chi connectivity index (χ0) is 71.9. The molecule has 9 atom stereocenters. The van der Waals surface area contributed by atoms with Crippen LogP contribution in [0.4, 0.5) is 16.2 Å². The number of aliphatic hydroxyl groups is 1. The number of carbonyl (C=O) groups is 8. The van der Waals surface area contributed by atoms with Crippen LogP contribution < -0.4 is 26.0 Å². The van der Waals surface area contributed by atoms with Gasteiger partial charge in [-0.15, -0.1) is 11.8 Å². The van der Waals surface area contributed by atoms with E-state index in [1.807, 2.05) is 26.0 Å². The number of primary amides is 1. The number of nitrogens with two attached hydrogens (primary N) is 1. The van der Waals surface area contributed by atoms with E-state index in [4.69, 9.17) is 69.8 Å². The third-order valence-electron chi connectivity index (χ3n) is 18.5. The fourth-order valence-corrected chi connectivity index (χ4v) is 14.2. The largest absolute Gasteiger partial charge is 0.495 e. The van der Waals surface area contributed by atoms with Crippen molar-refractivity contribution in [2.45, 2.75) is 153 Å². The molecule has 1 aliphatic carbocycles. The van der Waals surface area contributed by atoms with Crippen molar-refractivity contribution in [2.24, 2.45) is 17.1 Å². The summed E-state index contributed by atoms with van der Waals surface area (Å²) in [7, 11) is 5.88. The summed E-state index contributed by atoms with van der Waals surface area (Å²) in [6, 6.07) is 7.69. The molecule has 0 spiro atoms. The summed E-state index contributed by atoms with van der Waals surface area (Å²) in [6.45, 7) is 17.2. The van der Waals surface area contributed by atoms with Gasteiger partial charge in [0.15, 0.2) is 11.5 Å². The van der Waals surface area contributed by atoms with Crippen LogP contribution in [0.25, 0.3) is 5.69 Å². The van der Waals surface area contributed by atoms with Gasteiger partial charge in [-0.25, -0.2) is 14.3 Å². The number of thioether (sulfide) groups is 1. The number of nitrogens with one attached hydrogen (secondary N) is 2. The average Bonchev–Trinajstić information content (AvgIpc) is 1.58. The highest BCUT2D eigenvalue weighted by Gasteiger charge is 2.64. The van der Waals surface area contributed by atoms with Gasteiger partial charge in [0.2, 0.25) is 23.6 Å². The van der Waals surface area contributed by atoms with E-state index in [9.17, 15) is 43.5 Å². The van der Waals surface area contributed by atoms with Crippen molar-refractivity contribution in [1.29, 1.82) is 0 Å². The van der Waals surface area contributed by atoms with Crippen LogP contribution in [0.5, 0.6) is 5.75 Å². The molecule has 6 amide bonds. The molecular formula is C70H97ClN8O19S. The minimum absolute atomic E-state index is 0.0152. The fourth-order valence-electron chi connectivity index (χ4n) is 12.8. The van der Waals surface area contributed by atoms with Gasteiger partial charge >= 0.3 is 12.1 Å². The number of carbonyl (C=O) groups excluding carboxylic acids is 8. The Morgan fingerprint density at radius 3 is 2.21 bits per heavy atom. The summed E-state index contributed by atoms with van der Waals surface area (Å²) >= 11 is 8.03. The van der Waals surface area contributed by atoms with E-state index >= 15 is 0 Å². The molecule has 5 aliphatic rings. The van der Waals surface area contributed by atoms with Crippen LogP contribution in [0.15, 0.2) is 54.1 Å². The Morgan fingerprint density at radius 1 is 0.909 bits per heavy atom. The Labute approximate surface area is 587 Å². The van der Waals surface area contributed by atoms with Gasteiger partial charge in [0, 0.05) is 90.5 Å². The highest BCUT2D eigenvalue weighted by Crippen LogP contribution is 2.49. The van der Waals surface area contributed by atoms with E-state index in [0.717, 1.165) is 22.5 Å². The second kappa shape index (κ2) is 35.1. The number of nitrogens with zero attached hydrogens (tertiary/aromatic N) is 5. The number of ether oxygens (including phenoxy) is 10. The number of aryl methyl sites for hydroxylation is 1. The number of hydrogen-bond acceptors (Lipinski definition) is 22. The molecule has 0 saturated carbocycles. The number of methoxy groups -OCH3 is 2. The van der Waals surface area contributed by atoms with Crippen molar-refractivity contribution in [1.82, 2.24) is 24.9 Å². The number of epoxide rings is 1. The molecule has 3 saturated heterocycles. The highest BCUT2D eigenvalue weighted by molar-refractivity contribution is 8.00. The highest BCUT2D eigenvalue weighted by atomic mass is 35.5. The molecule has 2 aromatic carbocycles. The zero-order valence-corrected chi connectivity index (χ0v) is 60.2. The standard InChI is InChI=1S/C70H97ClN8O19S/c1-42-15-12-16-56(90-11)70(88)41-54(96-67(87)74-70)43(2)63-69(7,98-63)57(38-59(82)77(9)50-34-46(33-42)35-53(89-10)62(50)71)97-66(86)45(4)76(8)58(81)19-32-99-55-37-60(83)78(65(55)85)21-14-23-92-25-27-94-29-31-95-30-28-93-26-24-91-22-13-20-73-49-36-47(17-18-48(49)64(72)84)79-51-39-68(5,6)40-52(80)61(51)44(3)75-79/h12,15-18,34-36,43,45,54-57,63,73,88H,13-14,19-33,37-41H2,1-11H3,(H2,72,84)(H,74,87)/b16-12+,42-15+/t43-,45+,54+,55?,56-,57+,63+,69-,70+/m1/s1. The number of imide groups is 1. The van der Waals surface area contributed by atoms with Crippen molar-refractivity contribution < 1.29 is 90.8 Å². The lowest BCUT2D eigenvalue weighted by atomic mass is 9.75. The summed E-state index contributed by atoms with van der Waals surface area (Å²) in [5.41, 5.74) is 8.20. The van der Waals surface area contributed by atoms with Gasteiger partial charge in [-0.05, 0) is 94.7 Å². The molecule has 27 nitrogen and oxygen atoms in total. The normalized spacial score (nSPS) is 25.0. The van der Waals surface area contributed by atoms with Crippen LogP contribution in [-0.2, 0) is 79.4 Å². The fraction of sp³-hybridized carbons (Fsp3) is 0.614. The lowest BCUT2D eigenvalue weighted by Crippen LogP contribution is -2.63. The van der Waals surface area contributed by atoms with Crippen molar-refractivity contribution in [3.63, 3.8) is 0 Å². The van der Waals surface area contributed by atoms with Crippen LogP contribution in [0.1, 0.15) is 124 Å². The van der Waals surface area contributed by atoms with E-state index in [1.54, 1.807) is 62.0 Å². The molecule has 1 unspecified atom stereocenters. The first kappa shape index (κ1) is 77.7. The number of likely N-dealkylation sites (tertiary alicyclic amines) is 1. The number of fused-ring (bicyclic) bond motifs is 6. The minimum atomic E-state index is -1.89. The van der Waals surface area contributed by atoms with E-state index in [-0.39, 0.29) is 59.6 Å². The number of likely N-dealkylation sites (N-methyl/N-ethyl adjacent to an activating group) is 1. The van der Waals surface area contributed by atoms with Crippen LogP contribution in [0.2, 0.25) is 5.02 Å².